The average molecular weight is 367 g/mol. The largest absolute Gasteiger partial charge is 0.453 e. The van der Waals surface area contributed by atoms with Crippen LogP contribution < -0.4 is 0 Å². The van der Waals surface area contributed by atoms with Gasteiger partial charge in [-0.05, 0) is 30.0 Å². The Bertz CT molecular complexity index is 999. The number of halogens is 4. The molecule has 3 aromatic rings. The lowest BCUT2D eigenvalue weighted by atomic mass is 9.82. The summed E-state index contributed by atoms with van der Waals surface area (Å²) in [7, 11) is 0. The lowest BCUT2D eigenvalue weighted by molar-refractivity contribution is -0.144. The summed E-state index contributed by atoms with van der Waals surface area (Å²) in [6.45, 7) is 0. The molecule has 1 aliphatic rings. The van der Waals surface area contributed by atoms with E-state index in [0.717, 1.165) is 10.1 Å². The number of fused-ring (bicyclic) bond motifs is 2. The molecule has 0 amide bonds. The zero-order chi connectivity index (χ0) is 17.8. The second kappa shape index (κ2) is 5.52. The Morgan fingerprint density at radius 3 is 2.72 bits per heavy atom. The third-order valence-electron chi connectivity index (χ3n) is 4.16. The molecular formula is C16H10ClF3N4O. The van der Waals surface area contributed by atoms with E-state index in [1.165, 1.54) is 6.20 Å². The third-order valence-corrected chi connectivity index (χ3v) is 4.39. The normalized spacial score (nSPS) is 17.8. The zero-order valence-corrected chi connectivity index (χ0v) is 13.3. The first-order chi connectivity index (χ1) is 11.8. The highest BCUT2D eigenvalue weighted by Crippen LogP contribution is 2.33. The zero-order valence-electron chi connectivity index (χ0n) is 12.6. The highest BCUT2D eigenvalue weighted by atomic mass is 35.5. The molecule has 25 heavy (non-hydrogen) atoms. The van der Waals surface area contributed by atoms with Gasteiger partial charge >= 0.3 is 6.18 Å². The van der Waals surface area contributed by atoms with E-state index in [2.05, 4.69) is 15.1 Å². The molecule has 4 rings (SSSR count). The summed E-state index contributed by atoms with van der Waals surface area (Å²) in [5.41, 5.74) is 1.60. The van der Waals surface area contributed by atoms with Crippen LogP contribution in [0.1, 0.15) is 39.8 Å². The molecule has 0 spiro atoms. The molecule has 5 nitrogen and oxygen atoms in total. The predicted octanol–water partition coefficient (Wildman–Crippen LogP) is 3.71. The van der Waals surface area contributed by atoms with Crippen molar-refractivity contribution in [1.29, 1.82) is 0 Å². The average Bonchev–Trinajstić information content (AvgIpc) is 2.96. The molecule has 0 bridgehead atoms. The van der Waals surface area contributed by atoms with E-state index in [0.29, 0.717) is 17.1 Å². The van der Waals surface area contributed by atoms with Crippen molar-refractivity contribution in [1.82, 2.24) is 19.6 Å². The number of benzene rings is 1. The Hall–Kier alpha value is -2.48. The number of carbonyl (C=O) groups excluding carboxylic acids is 1. The molecular weight excluding hydrogens is 357 g/mol. The third kappa shape index (κ3) is 2.86. The van der Waals surface area contributed by atoms with Gasteiger partial charge in [0.05, 0.1) is 11.3 Å². The number of hydrogen-bond acceptors (Lipinski definition) is 4. The molecule has 0 N–H and O–H groups in total. The van der Waals surface area contributed by atoms with Crippen molar-refractivity contribution >= 4 is 23.2 Å². The second-order valence-electron chi connectivity index (χ2n) is 5.86. The summed E-state index contributed by atoms with van der Waals surface area (Å²) in [6, 6.07) is 7.18. The summed E-state index contributed by atoms with van der Waals surface area (Å²) in [6.07, 6.45) is -2.73. The highest BCUT2D eigenvalue weighted by Gasteiger charge is 2.37. The summed E-state index contributed by atoms with van der Waals surface area (Å²) >= 11 is 6.00. The standard InChI is InChI=1S/C16H10ClF3N4O/c17-10-3-1-2-8(4-10)9-5-12-11(13(25)6-9)7-24-15(21-12)22-14(23-24)16(18,19)20/h1-4,7,9H,5-6H2/t9-/m0/s1. The van der Waals surface area contributed by atoms with Crippen LogP contribution in [0, 0.1) is 0 Å². The van der Waals surface area contributed by atoms with E-state index < -0.39 is 12.0 Å². The van der Waals surface area contributed by atoms with Gasteiger partial charge in [0, 0.05) is 17.6 Å². The maximum absolute atomic E-state index is 12.8. The van der Waals surface area contributed by atoms with Crippen LogP contribution in [0.5, 0.6) is 0 Å². The highest BCUT2D eigenvalue weighted by molar-refractivity contribution is 6.30. The minimum absolute atomic E-state index is 0.126. The molecule has 0 unspecified atom stereocenters. The van der Waals surface area contributed by atoms with Crippen LogP contribution in [0.25, 0.3) is 5.78 Å². The molecule has 1 aliphatic carbocycles. The fourth-order valence-corrected chi connectivity index (χ4v) is 3.20. The molecule has 0 radical (unpaired) electrons. The fourth-order valence-electron chi connectivity index (χ4n) is 3.00. The van der Waals surface area contributed by atoms with Crippen LogP contribution >= 0.6 is 11.6 Å². The van der Waals surface area contributed by atoms with Gasteiger partial charge in [-0.15, -0.1) is 5.10 Å². The number of nitrogens with zero attached hydrogens (tertiary/aromatic N) is 4. The maximum Gasteiger partial charge on any atom is 0.453 e. The number of alkyl halides is 3. The van der Waals surface area contributed by atoms with Gasteiger partial charge in [0.1, 0.15) is 0 Å². The van der Waals surface area contributed by atoms with Crippen molar-refractivity contribution in [3.05, 3.63) is 58.1 Å². The fraction of sp³-hybridized carbons (Fsp3) is 0.250. The Morgan fingerprint density at radius 2 is 2.00 bits per heavy atom. The SMILES string of the molecule is O=C1C[C@@H](c2cccc(Cl)c2)Cc2nc3nc(C(F)(F)F)nn3cc21. The topological polar surface area (TPSA) is 60.2 Å². The van der Waals surface area contributed by atoms with Crippen LogP contribution in [0.3, 0.4) is 0 Å². The summed E-state index contributed by atoms with van der Waals surface area (Å²) in [4.78, 5) is 20.0. The van der Waals surface area contributed by atoms with Gasteiger partial charge in [-0.1, -0.05) is 23.7 Å². The van der Waals surface area contributed by atoms with Crippen molar-refractivity contribution in [3.8, 4) is 0 Å². The molecule has 9 heteroatoms. The summed E-state index contributed by atoms with van der Waals surface area (Å²) < 4.78 is 39.2. The van der Waals surface area contributed by atoms with Crippen molar-refractivity contribution in [2.45, 2.75) is 24.9 Å². The molecule has 0 fully saturated rings. The first kappa shape index (κ1) is 16.0. The number of hydrogen-bond donors (Lipinski definition) is 0. The van der Waals surface area contributed by atoms with Gasteiger partial charge in [0.25, 0.3) is 11.6 Å². The lowest BCUT2D eigenvalue weighted by Crippen LogP contribution is -2.21. The number of aromatic nitrogens is 4. The van der Waals surface area contributed by atoms with E-state index in [4.69, 9.17) is 11.6 Å². The quantitative estimate of drug-likeness (QED) is 0.658. The number of Topliss-reactive ketones (excluding diaryl/α,β-unsaturated/α-hetero) is 1. The van der Waals surface area contributed by atoms with Gasteiger partial charge in [0.15, 0.2) is 5.78 Å². The van der Waals surface area contributed by atoms with Crippen LogP contribution in [-0.4, -0.2) is 25.4 Å². The minimum atomic E-state index is -4.67. The molecule has 0 saturated carbocycles. The van der Waals surface area contributed by atoms with Crippen LogP contribution in [0.4, 0.5) is 13.2 Å². The predicted molar refractivity (Wildman–Crippen MR) is 82.6 cm³/mol. The van der Waals surface area contributed by atoms with E-state index in [1.807, 2.05) is 6.07 Å². The van der Waals surface area contributed by atoms with E-state index >= 15 is 0 Å². The molecule has 0 saturated heterocycles. The van der Waals surface area contributed by atoms with Gasteiger partial charge in [-0.2, -0.15) is 18.2 Å². The van der Waals surface area contributed by atoms with Crippen molar-refractivity contribution in [2.24, 2.45) is 0 Å². The Morgan fingerprint density at radius 1 is 1.20 bits per heavy atom. The van der Waals surface area contributed by atoms with E-state index in [9.17, 15) is 18.0 Å². The van der Waals surface area contributed by atoms with E-state index in [-0.39, 0.29) is 29.5 Å². The summed E-state index contributed by atoms with van der Waals surface area (Å²) in [5, 5.41) is 3.93. The number of ketones is 1. The number of rotatable bonds is 1. The van der Waals surface area contributed by atoms with Gasteiger partial charge in [-0.25, -0.2) is 9.50 Å². The summed E-state index contributed by atoms with van der Waals surface area (Å²) in [5.74, 6) is -1.77. The molecule has 2 heterocycles. The molecule has 1 atom stereocenters. The Balaban J connectivity index is 1.77. The molecule has 2 aromatic heterocycles. The molecule has 0 aliphatic heterocycles. The van der Waals surface area contributed by atoms with Crippen LogP contribution in [0.15, 0.2) is 30.5 Å². The Labute approximate surface area is 144 Å². The smallest absolute Gasteiger partial charge is 0.294 e. The molecule has 1 aromatic carbocycles. The van der Waals surface area contributed by atoms with Crippen molar-refractivity contribution < 1.29 is 18.0 Å². The second-order valence-corrected chi connectivity index (χ2v) is 6.30. The Kier molecular flexibility index (Phi) is 3.54. The maximum atomic E-state index is 12.8. The number of carbonyl (C=O) groups is 1. The minimum Gasteiger partial charge on any atom is -0.294 e. The van der Waals surface area contributed by atoms with Gasteiger partial charge < -0.3 is 0 Å². The lowest BCUT2D eigenvalue weighted by Gasteiger charge is -2.23. The van der Waals surface area contributed by atoms with Gasteiger partial charge in [-0.3, -0.25) is 4.79 Å². The van der Waals surface area contributed by atoms with Crippen molar-refractivity contribution in [3.63, 3.8) is 0 Å². The molecule has 128 valence electrons. The van der Waals surface area contributed by atoms with Crippen molar-refractivity contribution in [2.75, 3.05) is 0 Å². The monoisotopic (exact) mass is 366 g/mol. The van der Waals surface area contributed by atoms with Crippen LogP contribution in [-0.2, 0) is 12.6 Å². The first-order valence-corrected chi connectivity index (χ1v) is 7.81. The van der Waals surface area contributed by atoms with E-state index in [1.54, 1.807) is 18.2 Å². The van der Waals surface area contributed by atoms with Crippen LogP contribution in [0.2, 0.25) is 5.02 Å². The van der Waals surface area contributed by atoms with Gasteiger partial charge in [0.2, 0.25) is 0 Å². The first-order valence-electron chi connectivity index (χ1n) is 7.43.